The SMILES string of the molecule is C.C.CC(=O)Nc1cccc(-c2ccc(NC(=O)c3ccc(Cl)cc3Cl)c(C(=O)O)c2)c1. The summed E-state index contributed by atoms with van der Waals surface area (Å²) < 4.78 is 0. The van der Waals surface area contributed by atoms with Gasteiger partial charge in [0, 0.05) is 17.6 Å². The zero-order valence-electron chi connectivity index (χ0n) is 15.7. The second-order valence-electron chi connectivity index (χ2n) is 6.41. The molecule has 0 saturated heterocycles. The van der Waals surface area contributed by atoms with E-state index in [4.69, 9.17) is 23.2 Å². The average molecular weight is 475 g/mol. The van der Waals surface area contributed by atoms with E-state index in [1.165, 1.54) is 37.3 Å². The average Bonchev–Trinajstić information content (AvgIpc) is 2.67. The molecule has 0 unspecified atom stereocenters. The van der Waals surface area contributed by atoms with Crippen molar-refractivity contribution in [1.29, 1.82) is 0 Å². The van der Waals surface area contributed by atoms with Crippen LogP contribution in [0.1, 0.15) is 42.5 Å². The standard InChI is InChI=1S/C22H16Cl2N2O4.2CH4/c1-12(27)25-16-4-2-3-13(9-16)14-5-8-20(18(10-14)22(29)30)26-21(28)17-7-6-15(23)11-19(17)24;;/h2-11H,1H3,(H,25,27)(H,26,28)(H,29,30);2*1H4. The number of amides is 2. The van der Waals surface area contributed by atoms with Gasteiger partial charge < -0.3 is 15.7 Å². The van der Waals surface area contributed by atoms with Gasteiger partial charge in [-0.25, -0.2) is 4.79 Å². The number of hydrogen-bond acceptors (Lipinski definition) is 3. The van der Waals surface area contributed by atoms with Crippen LogP contribution in [-0.2, 0) is 4.79 Å². The van der Waals surface area contributed by atoms with E-state index in [0.717, 1.165) is 0 Å². The van der Waals surface area contributed by atoms with Crippen LogP contribution in [0.25, 0.3) is 11.1 Å². The van der Waals surface area contributed by atoms with Crippen LogP contribution in [-0.4, -0.2) is 22.9 Å². The maximum atomic E-state index is 12.6. The quantitative estimate of drug-likeness (QED) is 0.376. The predicted octanol–water partition coefficient (Wildman–Crippen LogP) is 6.84. The third-order valence-corrected chi connectivity index (χ3v) is 4.74. The number of rotatable bonds is 5. The van der Waals surface area contributed by atoms with E-state index in [2.05, 4.69) is 10.6 Å². The number of hydrogen-bond donors (Lipinski definition) is 3. The van der Waals surface area contributed by atoms with Crippen molar-refractivity contribution in [2.24, 2.45) is 0 Å². The monoisotopic (exact) mass is 474 g/mol. The highest BCUT2D eigenvalue weighted by atomic mass is 35.5. The van der Waals surface area contributed by atoms with Gasteiger partial charge >= 0.3 is 5.97 Å². The Morgan fingerprint density at radius 3 is 2.12 bits per heavy atom. The fraction of sp³-hybridized carbons (Fsp3) is 0.125. The fourth-order valence-corrected chi connectivity index (χ4v) is 3.35. The molecule has 0 atom stereocenters. The van der Waals surface area contributed by atoms with E-state index in [1.54, 1.807) is 30.3 Å². The van der Waals surface area contributed by atoms with Crippen molar-refractivity contribution in [3.05, 3.63) is 81.8 Å². The molecule has 0 aliphatic heterocycles. The third-order valence-electron chi connectivity index (χ3n) is 4.19. The summed E-state index contributed by atoms with van der Waals surface area (Å²) >= 11 is 11.9. The van der Waals surface area contributed by atoms with Gasteiger partial charge in [0.1, 0.15) is 0 Å². The Balaban J connectivity index is 0.00000256. The molecule has 3 aromatic rings. The first-order valence-corrected chi connectivity index (χ1v) is 9.52. The molecule has 0 aliphatic rings. The zero-order valence-corrected chi connectivity index (χ0v) is 17.2. The molecule has 168 valence electrons. The molecule has 0 bridgehead atoms. The molecule has 32 heavy (non-hydrogen) atoms. The van der Waals surface area contributed by atoms with Crippen LogP contribution >= 0.6 is 23.2 Å². The van der Waals surface area contributed by atoms with E-state index in [9.17, 15) is 19.5 Å². The van der Waals surface area contributed by atoms with Gasteiger partial charge in [-0.15, -0.1) is 0 Å². The predicted molar refractivity (Wildman–Crippen MR) is 131 cm³/mol. The minimum absolute atomic E-state index is 0. The minimum Gasteiger partial charge on any atom is -0.478 e. The van der Waals surface area contributed by atoms with Gasteiger partial charge in [-0.1, -0.05) is 56.3 Å². The Morgan fingerprint density at radius 2 is 1.50 bits per heavy atom. The fourth-order valence-electron chi connectivity index (χ4n) is 2.85. The number of carbonyl (C=O) groups excluding carboxylic acids is 2. The molecule has 3 N–H and O–H groups in total. The smallest absolute Gasteiger partial charge is 0.337 e. The van der Waals surface area contributed by atoms with Crippen LogP contribution in [0, 0.1) is 0 Å². The summed E-state index contributed by atoms with van der Waals surface area (Å²) in [5.74, 6) is -1.97. The molecule has 2 amide bonds. The second-order valence-corrected chi connectivity index (χ2v) is 7.25. The van der Waals surface area contributed by atoms with Crippen molar-refractivity contribution in [2.75, 3.05) is 10.6 Å². The molecular weight excluding hydrogens is 451 g/mol. The van der Waals surface area contributed by atoms with Crippen molar-refractivity contribution in [1.82, 2.24) is 0 Å². The Kier molecular flexibility index (Phi) is 9.44. The summed E-state index contributed by atoms with van der Waals surface area (Å²) in [5, 5.41) is 15.4. The molecule has 8 heteroatoms. The third kappa shape index (κ3) is 6.33. The van der Waals surface area contributed by atoms with Crippen LogP contribution in [0.15, 0.2) is 60.7 Å². The van der Waals surface area contributed by atoms with Gasteiger partial charge in [-0.05, 0) is 53.6 Å². The Hall–Kier alpha value is -3.35. The number of anilines is 2. The van der Waals surface area contributed by atoms with Gasteiger partial charge in [0.2, 0.25) is 5.91 Å². The first kappa shape index (κ1) is 26.7. The summed E-state index contributed by atoms with van der Waals surface area (Å²) in [5.41, 5.74) is 2.12. The molecule has 0 aromatic heterocycles. The van der Waals surface area contributed by atoms with Crippen LogP contribution < -0.4 is 10.6 Å². The van der Waals surface area contributed by atoms with Gasteiger partial charge in [0.05, 0.1) is 21.8 Å². The van der Waals surface area contributed by atoms with Gasteiger partial charge in [-0.3, -0.25) is 9.59 Å². The number of carboxylic acid groups (broad SMARTS) is 1. The maximum Gasteiger partial charge on any atom is 0.337 e. The van der Waals surface area contributed by atoms with E-state index in [0.29, 0.717) is 21.8 Å². The zero-order chi connectivity index (χ0) is 21.8. The van der Waals surface area contributed by atoms with Gasteiger partial charge in [0.25, 0.3) is 5.91 Å². The van der Waals surface area contributed by atoms with Crippen LogP contribution in [0.3, 0.4) is 0 Å². The van der Waals surface area contributed by atoms with Crippen LogP contribution in [0.4, 0.5) is 11.4 Å². The number of carboxylic acids is 1. The summed E-state index contributed by atoms with van der Waals surface area (Å²) in [4.78, 5) is 35.6. The summed E-state index contributed by atoms with van der Waals surface area (Å²) in [6, 6.07) is 16.0. The lowest BCUT2D eigenvalue weighted by molar-refractivity contribution is -0.114. The Labute approximate surface area is 197 Å². The minimum atomic E-state index is -1.20. The summed E-state index contributed by atoms with van der Waals surface area (Å²) in [7, 11) is 0. The van der Waals surface area contributed by atoms with Crippen molar-refractivity contribution in [3.8, 4) is 11.1 Å². The molecule has 3 rings (SSSR count). The number of benzene rings is 3. The molecule has 0 saturated carbocycles. The molecule has 0 radical (unpaired) electrons. The van der Waals surface area contributed by atoms with Gasteiger partial charge in [-0.2, -0.15) is 0 Å². The van der Waals surface area contributed by atoms with Crippen molar-refractivity contribution in [3.63, 3.8) is 0 Å². The lowest BCUT2D eigenvalue weighted by atomic mass is 10.0. The lowest BCUT2D eigenvalue weighted by Gasteiger charge is -2.12. The lowest BCUT2D eigenvalue weighted by Crippen LogP contribution is -2.15. The van der Waals surface area contributed by atoms with E-state index >= 15 is 0 Å². The van der Waals surface area contributed by atoms with Gasteiger partial charge in [0.15, 0.2) is 0 Å². The first-order chi connectivity index (χ1) is 14.2. The number of halogens is 2. The summed E-state index contributed by atoms with van der Waals surface area (Å²) in [6.07, 6.45) is 0. The van der Waals surface area contributed by atoms with Crippen LogP contribution in [0.5, 0.6) is 0 Å². The van der Waals surface area contributed by atoms with Crippen molar-refractivity contribution in [2.45, 2.75) is 21.8 Å². The largest absolute Gasteiger partial charge is 0.478 e. The normalized spacial score (nSPS) is 9.72. The van der Waals surface area contributed by atoms with E-state index < -0.39 is 11.9 Å². The number of aromatic carboxylic acids is 1. The Bertz CT molecular complexity index is 1160. The topological polar surface area (TPSA) is 95.5 Å². The molecule has 6 nitrogen and oxygen atoms in total. The molecule has 0 aliphatic carbocycles. The van der Waals surface area contributed by atoms with Crippen molar-refractivity contribution < 1.29 is 19.5 Å². The highest BCUT2D eigenvalue weighted by Crippen LogP contribution is 2.28. The van der Waals surface area contributed by atoms with E-state index in [1.807, 2.05) is 0 Å². The van der Waals surface area contributed by atoms with E-state index in [-0.39, 0.29) is 42.6 Å². The second kappa shape index (κ2) is 11.3. The van der Waals surface area contributed by atoms with Crippen LogP contribution in [0.2, 0.25) is 10.0 Å². The molecule has 0 fully saturated rings. The first-order valence-electron chi connectivity index (χ1n) is 8.76. The highest BCUT2D eigenvalue weighted by Gasteiger charge is 2.17. The molecule has 0 heterocycles. The highest BCUT2D eigenvalue weighted by molar-refractivity contribution is 6.37. The molecule has 0 spiro atoms. The molecular formula is C24H24Cl2N2O4. The summed E-state index contributed by atoms with van der Waals surface area (Å²) in [6.45, 7) is 1.40. The number of carbonyl (C=O) groups is 3. The Morgan fingerprint density at radius 1 is 0.812 bits per heavy atom. The van der Waals surface area contributed by atoms with Crippen molar-refractivity contribution >= 4 is 52.4 Å². The maximum absolute atomic E-state index is 12.6. The molecule has 3 aromatic carbocycles. The number of nitrogens with one attached hydrogen (secondary N) is 2.